The molecule has 0 heterocycles. The lowest BCUT2D eigenvalue weighted by molar-refractivity contribution is 0.0935. The van der Waals surface area contributed by atoms with Crippen LogP contribution in [0.1, 0.15) is 40.9 Å². The maximum atomic E-state index is 13.8. The van der Waals surface area contributed by atoms with Crippen molar-refractivity contribution >= 4 is 21.6 Å². The van der Waals surface area contributed by atoms with Crippen molar-refractivity contribution in [3.05, 3.63) is 95.3 Å². The van der Waals surface area contributed by atoms with Gasteiger partial charge in [0.1, 0.15) is 5.82 Å². The van der Waals surface area contributed by atoms with E-state index in [2.05, 4.69) is 10.0 Å². The van der Waals surface area contributed by atoms with Gasteiger partial charge in [-0.25, -0.2) is 12.8 Å². The third-order valence-corrected chi connectivity index (χ3v) is 6.08. The van der Waals surface area contributed by atoms with E-state index in [0.29, 0.717) is 6.42 Å². The van der Waals surface area contributed by atoms with Crippen LogP contribution in [-0.4, -0.2) is 14.3 Å². The summed E-state index contributed by atoms with van der Waals surface area (Å²) in [5.41, 5.74) is 2.15. The van der Waals surface area contributed by atoms with Gasteiger partial charge in [-0.1, -0.05) is 55.0 Å². The largest absolute Gasteiger partial charge is 0.345 e. The molecule has 0 fully saturated rings. The Balaban J connectivity index is 1.81. The van der Waals surface area contributed by atoms with Crippen LogP contribution in [0.2, 0.25) is 0 Å². The first kappa shape index (κ1) is 21.5. The predicted molar refractivity (Wildman–Crippen MR) is 115 cm³/mol. The van der Waals surface area contributed by atoms with Crippen LogP contribution in [0.15, 0.2) is 77.7 Å². The maximum Gasteiger partial charge on any atom is 0.262 e. The van der Waals surface area contributed by atoms with Crippen molar-refractivity contribution in [2.75, 3.05) is 4.72 Å². The highest BCUT2D eigenvalue weighted by atomic mass is 32.2. The summed E-state index contributed by atoms with van der Waals surface area (Å²) in [7, 11) is -4.05. The average molecular weight is 427 g/mol. The quantitative estimate of drug-likeness (QED) is 0.569. The lowest BCUT2D eigenvalue weighted by atomic mass is 10.0. The fourth-order valence-corrected chi connectivity index (χ4v) is 4.13. The van der Waals surface area contributed by atoms with Crippen molar-refractivity contribution in [3.63, 3.8) is 0 Å². The molecule has 0 bridgehead atoms. The highest BCUT2D eigenvalue weighted by Crippen LogP contribution is 2.21. The minimum atomic E-state index is -4.05. The molecule has 0 unspecified atom stereocenters. The van der Waals surface area contributed by atoms with Gasteiger partial charge in [0.25, 0.3) is 15.9 Å². The molecule has 0 saturated heterocycles. The van der Waals surface area contributed by atoms with Gasteiger partial charge in [-0.3, -0.25) is 9.52 Å². The SMILES string of the molecule is CC[C@H](NC(=O)c1cccc(S(=O)(=O)Nc2ccccc2F)c1)c1ccc(C)cc1. The predicted octanol–water partition coefficient (Wildman–Crippen LogP) is 4.82. The minimum Gasteiger partial charge on any atom is -0.345 e. The molecule has 3 aromatic rings. The smallest absolute Gasteiger partial charge is 0.262 e. The molecule has 0 aliphatic rings. The number of rotatable bonds is 7. The summed E-state index contributed by atoms with van der Waals surface area (Å²) < 4.78 is 41.3. The van der Waals surface area contributed by atoms with Crippen LogP contribution in [0.3, 0.4) is 0 Å². The van der Waals surface area contributed by atoms with Gasteiger partial charge >= 0.3 is 0 Å². The van der Waals surface area contributed by atoms with Crippen LogP contribution in [0.25, 0.3) is 0 Å². The summed E-state index contributed by atoms with van der Waals surface area (Å²) in [5, 5.41) is 2.94. The molecule has 1 atom stereocenters. The van der Waals surface area contributed by atoms with Crippen molar-refractivity contribution in [2.24, 2.45) is 0 Å². The standard InChI is InChI=1S/C23H23FN2O3S/c1-3-21(17-13-11-16(2)12-14-17)25-23(27)18-7-6-8-19(15-18)30(28,29)26-22-10-5-4-9-20(22)24/h4-15,21,26H,3H2,1-2H3,(H,25,27)/t21-/m0/s1. The number of nitrogens with one attached hydrogen (secondary N) is 2. The van der Waals surface area contributed by atoms with Crippen molar-refractivity contribution in [2.45, 2.75) is 31.2 Å². The highest BCUT2D eigenvalue weighted by molar-refractivity contribution is 7.92. The molecular weight excluding hydrogens is 403 g/mol. The molecule has 0 aliphatic carbocycles. The molecule has 5 nitrogen and oxygen atoms in total. The number of carbonyl (C=O) groups excluding carboxylic acids is 1. The van der Waals surface area contributed by atoms with E-state index >= 15 is 0 Å². The molecule has 2 N–H and O–H groups in total. The van der Waals surface area contributed by atoms with Crippen LogP contribution < -0.4 is 10.0 Å². The van der Waals surface area contributed by atoms with E-state index in [4.69, 9.17) is 0 Å². The molecule has 3 rings (SSSR count). The lowest BCUT2D eigenvalue weighted by Gasteiger charge is -2.18. The first-order valence-electron chi connectivity index (χ1n) is 9.55. The number of carbonyl (C=O) groups is 1. The molecule has 0 aliphatic heterocycles. The van der Waals surface area contributed by atoms with Crippen LogP contribution in [0, 0.1) is 12.7 Å². The number of aryl methyl sites for hydroxylation is 1. The van der Waals surface area contributed by atoms with Gasteiger partial charge < -0.3 is 5.32 Å². The van der Waals surface area contributed by atoms with Gasteiger partial charge in [-0.05, 0) is 49.2 Å². The Morgan fingerprint density at radius 2 is 1.70 bits per heavy atom. The molecular formula is C23H23FN2O3S. The van der Waals surface area contributed by atoms with Crippen LogP contribution in [0.4, 0.5) is 10.1 Å². The Morgan fingerprint density at radius 1 is 1.00 bits per heavy atom. The average Bonchev–Trinajstić information content (AvgIpc) is 2.74. The van der Waals surface area contributed by atoms with Gasteiger partial charge in [-0.2, -0.15) is 0 Å². The zero-order chi connectivity index (χ0) is 21.7. The fraction of sp³-hybridized carbons (Fsp3) is 0.174. The van der Waals surface area contributed by atoms with Crippen molar-refractivity contribution < 1.29 is 17.6 Å². The minimum absolute atomic E-state index is 0.123. The molecule has 1 amide bonds. The number of amides is 1. The first-order chi connectivity index (χ1) is 14.3. The Kier molecular flexibility index (Phi) is 6.52. The van der Waals surface area contributed by atoms with E-state index in [1.54, 1.807) is 6.07 Å². The van der Waals surface area contributed by atoms with Crippen molar-refractivity contribution in [1.82, 2.24) is 5.32 Å². The Labute approximate surface area is 176 Å². The second-order valence-corrected chi connectivity index (χ2v) is 8.64. The van der Waals surface area contributed by atoms with Gasteiger partial charge in [0.15, 0.2) is 0 Å². The molecule has 30 heavy (non-hydrogen) atoms. The van der Waals surface area contributed by atoms with Gasteiger partial charge in [0.05, 0.1) is 16.6 Å². The lowest BCUT2D eigenvalue weighted by Crippen LogP contribution is -2.28. The van der Waals surface area contributed by atoms with Crippen LogP contribution in [0.5, 0.6) is 0 Å². The van der Waals surface area contributed by atoms with Crippen molar-refractivity contribution in [1.29, 1.82) is 0 Å². The molecule has 0 radical (unpaired) electrons. The summed E-state index contributed by atoms with van der Waals surface area (Å²) >= 11 is 0. The third-order valence-electron chi connectivity index (χ3n) is 4.72. The number of halogens is 1. The summed E-state index contributed by atoms with van der Waals surface area (Å²) in [5.74, 6) is -1.07. The number of hydrogen-bond acceptors (Lipinski definition) is 3. The number of benzene rings is 3. The highest BCUT2D eigenvalue weighted by Gasteiger charge is 2.19. The van der Waals surface area contributed by atoms with E-state index in [0.717, 1.165) is 17.2 Å². The molecule has 0 aromatic heterocycles. The van der Waals surface area contributed by atoms with Gasteiger partial charge in [0, 0.05) is 5.56 Å². The summed E-state index contributed by atoms with van der Waals surface area (Å²) in [6, 6.07) is 18.8. The van der Waals surface area contributed by atoms with E-state index in [9.17, 15) is 17.6 Å². The second kappa shape index (κ2) is 9.09. The van der Waals surface area contributed by atoms with E-state index in [1.807, 2.05) is 38.1 Å². The molecule has 3 aromatic carbocycles. The first-order valence-corrected chi connectivity index (χ1v) is 11.0. The number of para-hydroxylation sites is 1. The summed E-state index contributed by atoms with van der Waals surface area (Å²) in [4.78, 5) is 12.6. The number of anilines is 1. The second-order valence-electron chi connectivity index (χ2n) is 6.96. The van der Waals surface area contributed by atoms with E-state index in [1.165, 1.54) is 36.4 Å². The molecule has 0 saturated carbocycles. The Morgan fingerprint density at radius 3 is 2.37 bits per heavy atom. The molecule has 156 valence electrons. The van der Waals surface area contributed by atoms with Crippen molar-refractivity contribution in [3.8, 4) is 0 Å². The van der Waals surface area contributed by atoms with Gasteiger partial charge in [-0.15, -0.1) is 0 Å². The fourth-order valence-electron chi connectivity index (χ4n) is 3.01. The number of sulfonamides is 1. The van der Waals surface area contributed by atoms with E-state index < -0.39 is 15.8 Å². The Hall–Kier alpha value is -3.19. The summed E-state index contributed by atoms with van der Waals surface area (Å²) in [6.07, 6.45) is 0.682. The zero-order valence-corrected chi connectivity index (χ0v) is 17.5. The normalized spacial score (nSPS) is 12.2. The third kappa shape index (κ3) is 5.04. The molecule has 0 spiro atoms. The Bertz CT molecular complexity index is 1150. The summed E-state index contributed by atoms with van der Waals surface area (Å²) in [6.45, 7) is 3.95. The van der Waals surface area contributed by atoms with Gasteiger partial charge in [0.2, 0.25) is 0 Å². The van der Waals surface area contributed by atoms with Crippen LogP contribution >= 0.6 is 0 Å². The topological polar surface area (TPSA) is 75.3 Å². The molecule has 7 heteroatoms. The number of hydrogen-bond donors (Lipinski definition) is 2. The zero-order valence-electron chi connectivity index (χ0n) is 16.7. The monoisotopic (exact) mass is 426 g/mol. The maximum absolute atomic E-state index is 13.8. The van der Waals surface area contributed by atoms with Crippen LogP contribution in [-0.2, 0) is 10.0 Å². The van der Waals surface area contributed by atoms with E-state index in [-0.39, 0.29) is 28.1 Å².